The Morgan fingerprint density at radius 2 is 1.95 bits per heavy atom. The lowest BCUT2D eigenvalue weighted by Gasteiger charge is -2.10. The fraction of sp³-hybridized carbons (Fsp3) is 0.188. The minimum absolute atomic E-state index is 0.373. The molecule has 1 aromatic carbocycles. The van der Waals surface area contributed by atoms with Gasteiger partial charge in [-0.1, -0.05) is 12.1 Å². The van der Waals surface area contributed by atoms with Crippen LogP contribution in [0, 0.1) is 0 Å². The van der Waals surface area contributed by atoms with E-state index in [0.717, 1.165) is 22.8 Å². The molecule has 2 aromatic heterocycles. The van der Waals surface area contributed by atoms with Gasteiger partial charge in [-0.05, 0) is 31.2 Å². The Bertz CT molecular complexity index is 711. The molecule has 0 aliphatic heterocycles. The minimum atomic E-state index is 0.373. The predicted octanol–water partition coefficient (Wildman–Crippen LogP) is 2.84. The predicted molar refractivity (Wildman–Crippen MR) is 81.6 cm³/mol. The molecule has 0 spiro atoms. The summed E-state index contributed by atoms with van der Waals surface area (Å²) in [4.78, 5) is 8.47. The SMILES string of the molecule is CCOc1ccc(COc2ccccc2-c2ncn[nH]2)nc1. The van der Waals surface area contributed by atoms with Gasteiger partial charge in [-0.2, -0.15) is 5.10 Å². The van der Waals surface area contributed by atoms with Crippen molar-refractivity contribution >= 4 is 0 Å². The third-order valence-corrected chi connectivity index (χ3v) is 3.04. The van der Waals surface area contributed by atoms with Gasteiger partial charge in [0.1, 0.15) is 24.4 Å². The van der Waals surface area contributed by atoms with E-state index in [-0.39, 0.29) is 0 Å². The van der Waals surface area contributed by atoms with Crippen LogP contribution < -0.4 is 9.47 Å². The summed E-state index contributed by atoms with van der Waals surface area (Å²) in [5.41, 5.74) is 1.70. The summed E-state index contributed by atoms with van der Waals surface area (Å²) < 4.78 is 11.2. The molecule has 3 aromatic rings. The first kappa shape index (κ1) is 14.1. The number of H-pyrrole nitrogens is 1. The molecule has 0 fully saturated rings. The Kier molecular flexibility index (Phi) is 4.29. The summed E-state index contributed by atoms with van der Waals surface area (Å²) >= 11 is 0. The van der Waals surface area contributed by atoms with E-state index in [1.807, 2.05) is 43.3 Å². The van der Waals surface area contributed by atoms with Gasteiger partial charge in [0, 0.05) is 0 Å². The van der Waals surface area contributed by atoms with Crippen molar-refractivity contribution in [1.29, 1.82) is 0 Å². The number of aromatic amines is 1. The van der Waals surface area contributed by atoms with Crippen LogP contribution in [0.2, 0.25) is 0 Å². The first-order chi connectivity index (χ1) is 10.9. The lowest BCUT2D eigenvalue weighted by molar-refractivity contribution is 0.301. The number of nitrogens with one attached hydrogen (secondary N) is 1. The highest BCUT2D eigenvalue weighted by atomic mass is 16.5. The molecule has 0 bridgehead atoms. The van der Waals surface area contributed by atoms with Gasteiger partial charge in [-0.3, -0.25) is 10.1 Å². The lowest BCUT2D eigenvalue weighted by Crippen LogP contribution is -2.00. The van der Waals surface area contributed by atoms with Crippen LogP contribution in [0.1, 0.15) is 12.6 Å². The van der Waals surface area contributed by atoms with E-state index in [1.54, 1.807) is 6.20 Å². The van der Waals surface area contributed by atoms with Gasteiger partial charge in [0.25, 0.3) is 0 Å². The summed E-state index contributed by atoms with van der Waals surface area (Å²) in [5.74, 6) is 2.17. The van der Waals surface area contributed by atoms with Gasteiger partial charge >= 0.3 is 0 Å². The van der Waals surface area contributed by atoms with Gasteiger partial charge in [-0.15, -0.1) is 0 Å². The van der Waals surface area contributed by atoms with E-state index in [2.05, 4.69) is 20.2 Å². The molecule has 0 radical (unpaired) electrons. The second-order valence-electron chi connectivity index (χ2n) is 4.54. The standard InChI is InChI=1S/C16H16N4O2/c1-2-21-13-8-7-12(17-9-13)10-22-15-6-4-3-5-14(15)16-18-11-19-20-16/h3-9,11H,2,10H2,1H3,(H,18,19,20). The molecule has 0 aliphatic rings. The fourth-order valence-corrected chi connectivity index (χ4v) is 2.02. The van der Waals surface area contributed by atoms with E-state index in [9.17, 15) is 0 Å². The van der Waals surface area contributed by atoms with Crippen LogP contribution in [-0.2, 0) is 6.61 Å². The number of pyridine rings is 1. The third-order valence-electron chi connectivity index (χ3n) is 3.04. The van der Waals surface area contributed by atoms with E-state index >= 15 is 0 Å². The van der Waals surface area contributed by atoms with Gasteiger partial charge < -0.3 is 9.47 Å². The van der Waals surface area contributed by atoms with Crippen LogP contribution in [0.15, 0.2) is 48.9 Å². The van der Waals surface area contributed by atoms with Crippen LogP contribution in [0.5, 0.6) is 11.5 Å². The van der Waals surface area contributed by atoms with E-state index < -0.39 is 0 Å². The second kappa shape index (κ2) is 6.71. The molecule has 0 saturated carbocycles. The first-order valence-corrected chi connectivity index (χ1v) is 7.02. The molecule has 0 unspecified atom stereocenters. The average molecular weight is 296 g/mol. The molecule has 0 amide bonds. The van der Waals surface area contributed by atoms with E-state index in [1.165, 1.54) is 6.33 Å². The van der Waals surface area contributed by atoms with Crippen LogP contribution in [0.3, 0.4) is 0 Å². The van der Waals surface area contributed by atoms with Crippen LogP contribution in [-0.4, -0.2) is 26.8 Å². The number of hydrogen-bond acceptors (Lipinski definition) is 5. The van der Waals surface area contributed by atoms with Crippen molar-refractivity contribution in [2.75, 3.05) is 6.61 Å². The molecule has 112 valence electrons. The topological polar surface area (TPSA) is 72.9 Å². The van der Waals surface area contributed by atoms with Gasteiger partial charge in [0.2, 0.25) is 0 Å². The van der Waals surface area contributed by atoms with Gasteiger partial charge in [-0.25, -0.2) is 4.98 Å². The third kappa shape index (κ3) is 3.22. The molecule has 0 saturated heterocycles. The van der Waals surface area contributed by atoms with Gasteiger partial charge in [0.15, 0.2) is 5.82 Å². The Morgan fingerprint density at radius 1 is 1.05 bits per heavy atom. The number of nitrogens with zero attached hydrogens (tertiary/aromatic N) is 3. The number of rotatable bonds is 6. The van der Waals surface area contributed by atoms with Crippen molar-refractivity contribution < 1.29 is 9.47 Å². The van der Waals surface area contributed by atoms with Crippen molar-refractivity contribution in [3.8, 4) is 22.9 Å². The maximum absolute atomic E-state index is 5.86. The normalized spacial score (nSPS) is 10.4. The van der Waals surface area contributed by atoms with Crippen molar-refractivity contribution in [3.63, 3.8) is 0 Å². The zero-order chi connectivity index (χ0) is 15.2. The summed E-state index contributed by atoms with van der Waals surface area (Å²) in [6, 6.07) is 11.5. The Morgan fingerprint density at radius 3 is 2.68 bits per heavy atom. The quantitative estimate of drug-likeness (QED) is 0.757. The number of hydrogen-bond donors (Lipinski definition) is 1. The first-order valence-electron chi connectivity index (χ1n) is 7.02. The molecule has 22 heavy (non-hydrogen) atoms. The van der Waals surface area contributed by atoms with E-state index in [0.29, 0.717) is 19.0 Å². The zero-order valence-electron chi connectivity index (χ0n) is 12.2. The highest BCUT2D eigenvalue weighted by Gasteiger charge is 2.08. The van der Waals surface area contributed by atoms with Crippen LogP contribution >= 0.6 is 0 Å². The van der Waals surface area contributed by atoms with Crippen molar-refractivity contribution in [2.24, 2.45) is 0 Å². The van der Waals surface area contributed by atoms with Crippen LogP contribution in [0.4, 0.5) is 0 Å². The minimum Gasteiger partial charge on any atom is -0.492 e. The van der Waals surface area contributed by atoms with E-state index in [4.69, 9.17) is 9.47 Å². The molecule has 6 heteroatoms. The lowest BCUT2D eigenvalue weighted by atomic mass is 10.2. The highest BCUT2D eigenvalue weighted by Crippen LogP contribution is 2.27. The Balaban J connectivity index is 1.71. The summed E-state index contributed by atoms with van der Waals surface area (Å²) in [7, 11) is 0. The van der Waals surface area contributed by atoms with Crippen molar-refractivity contribution in [1.82, 2.24) is 20.2 Å². The molecular formula is C16H16N4O2. The van der Waals surface area contributed by atoms with Crippen LogP contribution in [0.25, 0.3) is 11.4 Å². The summed E-state index contributed by atoms with van der Waals surface area (Å²) in [6.07, 6.45) is 3.17. The molecule has 0 atom stereocenters. The second-order valence-corrected chi connectivity index (χ2v) is 4.54. The zero-order valence-corrected chi connectivity index (χ0v) is 12.2. The Hall–Kier alpha value is -2.89. The molecule has 3 rings (SSSR count). The largest absolute Gasteiger partial charge is 0.492 e. The molecule has 2 heterocycles. The molecular weight excluding hydrogens is 280 g/mol. The fourth-order valence-electron chi connectivity index (χ4n) is 2.02. The smallest absolute Gasteiger partial charge is 0.159 e. The number of para-hydroxylation sites is 1. The molecule has 1 N–H and O–H groups in total. The monoisotopic (exact) mass is 296 g/mol. The van der Waals surface area contributed by atoms with Gasteiger partial charge in [0.05, 0.1) is 24.1 Å². The Labute approximate surface area is 128 Å². The molecule has 0 aliphatic carbocycles. The molecule has 6 nitrogen and oxygen atoms in total. The van der Waals surface area contributed by atoms with Crippen molar-refractivity contribution in [3.05, 3.63) is 54.6 Å². The number of ether oxygens (including phenoxy) is 2. The average Bonchev–Trinajstić information content (AvgIpc) is 3.09. The number of aromatic nitrogens is 4. The maximum atomic E-state index is 5.86. The highest BCUT2D eigenvalue weighted by molar-refractivity contribution is 5.63. The number of benzene rings is 1. The van der Waals surface area contributed by atoms with Crippen molar-refractivity contribution in [2.45, 2.75) is 13.5 Å². The summed E-state index contributed by atoms with van der Waals surface area (Å²) in [5, 5.41) is 6.71. The maximum Gasteiger partial charge on any atom is 0.159 e. The summed E-state index contributed by atoms with van der Waals surface area (Å²) in [6.45, 7) is 2.94.